The smallest absolute Gasteiger partial charge is 0.284 e. The lowest BCUT2D eigenvalue weighted by atomic mass is 10.2. The van der Waals surface area contributed by atoms with Crippen LogP contribution in [-0.2, 0) is 0 Å². The average Bonchev–Trinajstić information content (AvgIpc) is 2.01. The summed E-state index contributed by atoms with van der Waals surface area (Å²) < 4.78 is 24.4. The third-order valence-electron chi connectivity index (χ3n) is 1.42. The van der Waals surface area contributed by atoms with Crippen LogP contribution in [0.5, 0.6) is 0 Å². The van der Waals surface area contributed by atoms with Crippen molar-refractivity contribution in [3.05, 3.63) is 26.3 Å². The summed E-state index contributed by atoms with van der Waals surface area (Å²) in [6, 6.07) is 0.798. The topological polar surface area (TPSA) is 82.0 Å². The summed E-state index contributed by atoms with van der Waals surface area (Å²) in [5, 5.41) is 10.4. The van der Waals surface area contributed by atoms with Crippen molar-refractivity contribution in [2.45, 2.75) is 6.43 Å². The first-order valence-electron chi connectivity index (χ1n) is 3.32. The molecule has 0 amide bonds. The Bertz CT molecular complexity index is 386. The van der Waals surface area contributed by atoms with Crippen LogP contribution in [0.4, 0.5) is 20.3 Å². The fourth-order valence-electron chi connectivity index (χ4n) is 0.882. The van der Waals surface area contributed by atoms with Crippen LogP contribution in [0.3, 0.4) is 0 Å². The minimum Gasteiger partial charge on any atom is -0.383 e. The Kier molecular flexibility index (Phi) is 2.94. The molecule has 0 saturated heterocycles. The van der Waals surface area contributed by atoms with E-state index < -0.39 is 22.6 Å². The lowest BCUT2D eigenvalue weighted by Gasteiger charge is -2.04. The molecule has 0 fully saturated rings. The monoisotopic (exact) mass is 267 g/mol. The summed E-state index contributed by atoms with van der Waals surface area (Å²) in [5.41, 5.74) is 3.68. The molecule has 0 aromatic carbocycles. The predicted octanol–water partition coefficient (Wildman–Crippen LogP) is 2.27. The van der Waals surface area contributed by atoms with Crippen molar-refractivity contribution in [3.8, 4) is 0 Å². The first kappa shape index (κ1) is 10.8. The Morgan fingerprint density at radius 3 is 2.64 bits per heavy atom. The highest BCUT2D eigenvalue weighted by Crippen LogP contribution is 2.34. The first-order valence-corrected chi connectivity index (χ1v) is 4.11. The quantitative estimate of drug-likeness (QED) is 0.506. The van der Waals surface area contributed by atoms with Gasteiger partial charge in [-0.1, -0.05) is 0 Å². The van der Waals surface area contributed by atoms with E-state index in [0.29, 0.717) is 0 Å². The largest absolute Gasteiger partial charge is 0.383 e. The second-order valence-electron chi connectivity index (χ2n) is 2.33. The fourth-order valence-corrected chi connectivity index (χ4v) is 1.46. The number of alkyl halides is 2. The fraction of sp³-hybridized carbons (Fsp3) is 0.167. The lowest BCUT2D eigenvalue weighted by Crippen LogP contribution is -2.02. The van der Waals surface area contributed by atoms with Crippen LogP contribution in [0.15, 0.2) is 10.7 Å². The van der Waals surface area contributed by atoms with Gasteiger partial charge in [0.2, 0.25) is 0 Å². The number of nitrogens with two attached hydrogens (primary N) is 1. The van der Waals surface area contributed by atoms with Crippen LogP contribution in [0.2, 0.25) is 0 Å². The van der Waals surface area contributed by atoms with Gasteiger partial charge in [0.25, 0.3) is 12.1 Å². The molecule has 1 aromatic heterocycles. The highest BCUT2D eigenvalue weighted by atomic mass is 79.9. The van der Waals surface area contributed by atoms with Crippen molar-refractivity contribution in [1.29, 1.82) is 0 Å². The Morgan fingerprint density at radius 2 is 2.21 bits per heavy atom. The molecule has 1 heterocycles. The number of hydrogen-bond acceptors (Lipinski definition) is 4. The molecule has 2 N–H and O–H groups in total. The maximum absolute atomic E-state index is 12.4. The molecule has 0 saturated carbocycles. The summed E-state index contributed by atoms with van der Waals surface area (Å²) in [6.45, 7) is 0. The molecule has 0 unspecified atom stereocenters. The van der Waals surface area contributed by atoms with Gasteiger partial charge in [-0.15, -0.1) is 0 Å². The number of nitrogens with zero attached hydrogens (tertiary/aromatic N) is 2. The number of pyridine rings is 1. The van der Waals surface area contributed by atoms with Gasteiger partial charge >= 0.3 is 0 Å². The lowest BCUT2D eigenvalue weighted by molar-refractivity contribution is -0.386. The van der Waals surface area contributed by atoms with Crippen molar-refractivity contribution in [3.63, 3.8) is 0 Å². The Balaban J connectivity index is 3.44. The van der Waals surface area contributed by atoms with Crippen molar-refractivity contribution in [2.75, 3.05) is 5.73 Å². The average molecular weight is 268 g/mol. The number of nitrogen functional groups attached to an aromatic ring is 1. The molecule has 1 aromatic rings. The molecule has 0 bridgehead atoms. The van der Waals surface area contributed by atoms with Crippen LogP contribution in [0.25, 0.3) is 0 Å². The van der Waals surface area contributed by atoms with Gasteiger partial charge in [-0.05, 0) is 15.9 Å². The van der Waals surface area contributed by atoms with Crippen molar-refractivity contribution in [2.24, 2.45) is 0 Å². The van der Waals surface area contributed by atoms with Crippen molar-refractivity contribution >= 4 is 27.4 Å². The molecule has 0 aliphatic heterocycles. The normalized spacial score (nSPS) is 10.6. The minimum absolute atomic E-state index is 0.187. The van der Waals surface area contributed by atoms with E-state index in [1.807, 2.05) is 0 Å². The number of anilines is 1. The first-order chi connectivity index (χ1) is 6.43. The predicted molar refractivity (Wildman–Crippen MR) is 48.0 cm³/mol. The van der Waals surface area contributed by atoms with E-state index in [-0.39, 0.29) is 10.4 Å². The number of nitro groups is 1. The van der Waals surface area contributed by atoms with Gasteiger partial charge in [-0.2, -0.15) is 0 Å². The van der Waals surface area contributed by atoms with Crippen LogP contribution >= 0.6 is 15.9 Å². The van der Waals surface area contributed by atoms with E-state index in [4.69, 9.17) is 5.73 Å². The maximum atomic E-state index is 12.4. The van der Waals surface area contributed by atoms with Gasteiger partial charge in [0.1, 0.15) is 16.0 Å². The summed E-state index contributed by atoms with van der Waals surface area (Å²) in [5.74, 6) is -0.187. The van der Waals surface area contributed by atoms with E-state index in [1.165, 1.54) is 0 Å². The number of hydrogen-bond donors (Lipinski definition) is 1. The summed E-state index contributed by atoms with van der Waals surface area (Å²) in [4.78, 5) is 12.9. The van der Waals surface area contributed by atoms with Crippen LogP contribution < -0.4 is 5.73 Å². The van der Waals surface area contributed by atoms with Crippen LogP contribution in [-0.4, -0.2) is 9.91 Å². The Hall–Kier alpha value is -1.31. The molecule has 5 nitrogen and oxygen atoms in total. The molecule has 1 rings (SSSR count). The number of rotatable bonds is 2. The zero-order valence-electron chi connectivity index (χ0n) is 6.58. The van der Waals surface area contributed by atoms with Gasteiger partial charge in [0.05, 0.1) is 11.0 Å². The maximum Gasteiger partial charge on any atom is 0.284 e. The SMILES string of the molecule is Nc1cc([N+](=O)[O-])c(C(F)F)c(Br)n1. The van der Waals surface area contributed by atoms with E-state index in [0.717, 1.165) is 6.07 Å². The van der Waals surface area contributed by atoms with E-state index in [1.54, 1.807) is 0 Å². The number of halogens is 3. The molecule has 14 heavy (non-hydrogen) atoms. The van der Waals surface area contributed by atoms with Gasteiger partial charge in [0.15, 0.2) is 0 Å². The molecule has 0 radical (unpaired) electrons. The highest BCUT2D eigenvalue weighted by molar-refractivity contribution is 9.10. The second-order valence-corrected chi connectivity index (χ2v) is 3.08. The summed E-state index contributed by atoms with van der Waals surface area (Å²) in [6.07, 6.45) is -2.97. The molecule has 0 spiro atoms. The zero-order chi connectivity index (χ0) is 10.9. The van der Waals surface area contributed by atoms with Crippen molar-refractivity contribution < 1.29 is 13.7 Å². The third-order valence-corrected chi connectivity index (χ3v) is 2.03. The van der Waals surface area contributed by atoms with Gasteiger partial charge < -0.3 is 5.73 Å². The van der Waals surface area contributed by atoms with Crippen LogP contribution in [0.1, 0.15) is 12.0 Å². The summed E-state index contributed by atoms with van der Waals surface area (Å²) >= 11 is 2.69. The third kappa shape index (κ3) is 1.95. The van der Waals surface area contributed by atoms with E-state index >= 15 is 0 Å². The van der Waals surface area contributed by atoms with Gasteiger partial charge in [0, 0.05) is 0 Å². The zero-order valence-corrected chi connectivity index (χ0v) is 8.16. The molecule has 8 heteroatoms. The van der Waals surface area contributed by atoms with Crippen LogP contribution in [0, 0.1) is 10.1 Å². The Morgan fingerprint density at radius 1 is 1.64 bits per heavy atom. The molecular weight excluding hydrogens is 264 g/mol. The molecule has 0 aliphatic rings. The highest BCUT2D eigenvalue weighted by Gasteiger charge is 2.26. The molecule has 76 valence electrons. The standard InChI is InChI=1S/C6H4BrF2N3O2/c7-5-4(6(8)9)2(12(13)14)1-3(10)11-5/h1,6H,(H2,10,11). The summed E-state index contributed by atoms with van der Waals surface area (Å²) in [7, 11) is 0. The van der Waals surface area contributed by atoms with Gasteiger partial charge in [-0.25, -0.2) is 13.8 Å². The van der Waals surface area contributed by atoms with E-state index in [2.05, 4.69) is 20.9 Å². The van der Waals surface area contributed by atoms with Gasteiger partial charge in [-0.3, -0.25) is 10.1 Å². The second kappa shape index (κ2) is 3.82. The van der Waals surface area contributed by atoms with Crippen molar-refractivity contribution in [1.82, 2.24) is 4.98 Å². The van der Waals surface area contributed by atoms with E-state index in [9.17, 15) is 18.9 Å². The molecular formula is C6H4BrF2N3O2. The minimum atomic E-state index is -2.97. The molecule has 0 atom stereocenters. The molecule has 0 aliphatic carbocycles. The Labute approximate surface area is 85.2 Å². The number of aromatic nitrogens is 1.